The van der Waals surface area contributed by atoms with E-state index in [1.165, 1.54) is 12.1 Å². The number of ether oxygens (including phenoxy) is 3. The van der Waals surface area contributed by atoms with Crippen LogP contribution in [0.2, 0.25) is 5.02 Å². The highest BCUT2D eigenvalue weighted by Crippen LogP contribution is 2.38. The highest BCUT2D eigenvalue weighted by molar-refractivity contribution is 9.10. The van der Waals surface area contributed by atoms with Crippen LogP contribution in [-0.4, -0.2) is 19.2 Å². The van der Waals surface area contributed by atoms with E-state index in [-0.39, 0.29) is 18.2 Å². The van der Waals surface area contributed by atoms with Crippen molar-refractivity contribution in [3.63, 3.8) is 0 Å². The van der Waals surface area contributed by atoms with Crippen LogP contribution >= 0.6 is 27.5 Å². The molecule has 25 heavy (non-hydrogen) atoms. The third-order valence-corrected chi connectivity index (χ3v) is 4.15. The Balaban J connectivity index is 2.28. The van der Waals surface area contributed by atoms with Crippen molar-refractivity contribution in [1.82, 2.24) is 0 Å². The summed E-state index contributed by atoms with van der Waals surface area (Å²) in [6.45, 7) is 4.36. The Kier molecular flexibility index (Phi) is 7.08. The first-order valence-corrected chi connectivity index (χ1v) is 8.83. The first-order chi connectivity index (χ1) is 12.0. The largest absolute Gasteiger partial charge is 0.490 e. The molecule has 134 valence electrons. The standard InChI is InChI=1S/C18H17BrClFO4/c1-3-23-16-8-12(18(22)24-4-2)7-14(19)17(16)25-10-11-5-6-13(21)9-15(11)20/h5-9H,3-4,10H2,1-2H3. The number of esters is 1. The topological polar surface area (TPSA) is 44.8 Å². The molecule has 0 atom stereocenters. The third kappa shape index (κ3) is 5.09. The van der Waals surface area contributed by atoms with Gasteiger partial charge in [-0.2, -0.15) is 0 Å². The van der Waals surface area contributed by atoms with Gasteiger partial charge in [-0.1, -0.05) is 17.7 Å². The Morgan fingerprint density at radius 2 is 1.92 bits per heavy atom. The molecule has 2 aromatic rings. The van der Waals surface area contributed by atoms with E-state index in [1.807, 2.05) is 6.92 Å². The van der Waals surface area contributed by atoms with Crippen LogP contribution in [-0.2, 0) is 11.3 Å². The van der Waals surface area contributed by atoms with E-state index in [9.17, 15) is 9.18 Å². The fourth-order valence-corrected chi connectivity index (χ4v) is 2.87. The Morgan fingerprint density at radius 3 is 2.56 bits per heavy atom. The zero-order valence-electron chi connectivity index (χ0n) is 13.8. The predicted molar refractivity (Wildman–Crippen MR) is 97.0 cm³/mol. The monoisotopic (exact) mass is 430 g/mol. The van der Waals surface area contributed by atoms with Gasteiger partial charge in [0.15, 0.2) is 11.5 Å². The number of carbonyl (C=O) groups is 1. The molecule has 0 aliphatic rings. The minimum Gasteiger partial charge on any atom is -0.490 e. The Labute approximate surface area is 159 Å². The van der Waals surface area contributed by atoms with E-state index < -0.39 is 11.8 Å². The highest BCUT2D eigenvalue weighted by Gasteiger charge is 2.17. The predicted octanol–water partition coefficient (Wildman–Crippen LogP) is 5.40. The summed E-state index contributed by atoms with van der Waals surface area (Å²) in [7, 11) is 0. The smallest absolute Gasteiger partial charge is 0.338 e. The van der Waals surface area contributed by atoms with Crippen molar-refractivity contribution in [3.05, 3.63) is 56.8 Å². The molecule has 2 rings (SSSR count). The van der Waals surface area contributed by atoms with Gasteiger partial charge in [-0.15, -0.1) is 0 Å². The van der Waals surface area contributed by atoms with Gasteiger partial charge in [0.25, 0.3) is 0 Å². The first-order valence-electron chi connectivity index (χ1n) is 7.66. The number of hydrogen-bond donors (Lipinski definition) is 0. The van der Waals surface area contributed by atoms with Gasteiger partial charge < -0.3 is 14.2 Å². The molecular weight excluding hydrogens is 415 g/mol. The molecule has 0 heterocycles. The molecule has 0 aromatic heterocycles. The van der Waals surface area contributed by atoms with Gasteiger partial charge in [-0.05, 0) is 54.0 Å². The SMILES string of the molecule is CCOC(=O)c1cc(Br)c(OCc2ccc(F)cc2Cl)c(OCC)c1. The molecule has 0 spiro atoms. The molecule has 0 amide bonds. The van der Waals surface area contributed by atoms with Gasteiger partial charge in [-0.3, -0.25) is 0 Å². The second-order valence-corrected chi connectivity index (χ2v) is 6.22. The number of benzene rings is 2. The molecular formula is C18H17BrClFO4. The molecule has 0 unspecified atom stereocenters. The van der Waals surface area contributed by atoms with E-state index in [0.717, 1.165) is 0 Å². The van der Waals surface area contributed by atoms with Crippen LogP contribution in [0.3, 0.4) is 0 Å². The van der Waals surface area contributed by atoms with Crippen LogP contribution in [0.4, 0.5) is 4.39 Å². The fourth-order valence-electron chi connectivity index (χ4n) is 2.09. The Bertz CT molecular complexity index is 767. The zero-order chi connectivity index (χ0) is 18.4. The van der Waals surface area contributed by atoms with Crippen LogP contribution in [0.15, 0.2) is 34.8 Å². The molecule has 0 bridgehead atoms. The average molecular weight is 432 g/mol. The van der Waals surface area contributed by atoms with Gasteiger partial charge >= 0.3 is 5.97 Å². The second kappa shape index (κ2) is 9.06. The van der Waals surface area contributed by atoms with Crippen molar-refractivity contribution >= 4 is 33.5 Å². The second-order valence-electron chi connectivity index (χ2n) is 4.96. The Morgan fingerprint density at radius 1 is 1.16 bits per heavy atom. The summed E-state index contributed by atoms with van der Waals surface area (Å²) in [6, 6.07) is 7.25. The average Bonchev–Trinajstić information content (AvgIpc) is 2.56. The summed E-state index contributed by atoms with van der Waals surface area (Å²) in [5.74, 6) is -0.0329. The molecule has 7 heteroatoms. The van der Waals surface area contributed by atoms with Crippen molar-refractivity contribution in [2.24, 2.45) is 0 Å². The summed E-state index contributed by atoms with van der Waals surface area (Å²) in [5.41, 5.74) is 0.983. The minimum absolute atomic E-state index is 0.122. The van der Waals surface area contributed by atoms with E-state index in [0.29, 0.717) is 33.7 Å². The molecule has 0 radical (unpaired) electrons. The van der Waals surface area contributed by atoms with E-state index >= 15 is 0 Å². The Hall–Kier alpha value is -1.79. The molecule has 2 aromatic carbocycles. The van der Waals surface area contributed by atoms with Crippen LogP contribution in [0, 0.1) is 5.82 Å². The molecule has 0 fully saturated rings. The van der Waals surface area contributed by atoms with Gasteiger partial charge in [-0.25, -0.2) is 9.18 Å². The molecule has 0 aliphatic heterocycles. The molecule has 0 saturated heterocycles. The lowest BCUT2D eigenvalue weighted by molar-refractivity contribution is 0.0525. The summed E-state index contributed by atoms with van der Waals surface area (Å²) in [6.07, 6.45) is 0. The van der Waals surface area contributed by atoms with E-state index in [2.05, 4.69) is 15.9 Å². The van der Waals surface area contributed by atoms with E-state index in [4.69, 9.17) is 25.8 Å². The fraction of sp³-hybridized carbons (Fsp3) is 0.278. The van der Waals surface area contributed by atoms with Gasteiger partial charge in [0, 0.05) is 5.56 Å². The summed E-state index contributed by atoms with van der Waals surface area (Å²) < 4.78 is 30.0. The molecule has 0 N–H and O–H groups in total. The molecule has 4 nitrogen and oxygen atoms in total. The lowest BCUT2D eigenvalue weighted by atomic mass is 10.2. The minimum atomic E-state index is -0.447. The number of carbonyl (C=O) groups excluding carboxylic acids is 1. The maximum Gasteiger partial charge on any atom is 0.338 e. The van der Waals surface area contributed by atoms with Gasteiger partial charge in [0.1, 0.15) is 12.4 Å². The maximum absolute atomic E-state index is 13.1. The maximum atomic E-state index is 13.1. The summed E-state index contributed by atoms with van der Waals surface area (Å²) >= 11 is 9.40. The molecule has 0 saturated carbocycles. The summed E-state index contributed by atoms with van der Waals surface area (Å²) in [4.78, 5) is 11.9. The quantitative estimate of drug-likeness (QED) is 0.551. The van der Waals surface area contributed by atoms with Crippen LogP contribution < -0.4 is 9.47 Å². The molecule has 0 aliphatic carbocycles. The van der Waals surface area contributed by atoms with Crippen molar-refractivity contribution < 1.29 is 23.4 Å². The highest BCUT2D eigenvalue weighted by atomic mass is 79.9. The van der Waals surface area contributed by atoms with Crippen LogP contribution in [0.5, 0.6) is 11.5 Å². The lowest BCUT2D eigenvalue weighted by Crippen LogP contribution is -2.07. The van der Waals surface area contributed by atoms with Gasteiger partial charge in [0.05, 0.1) is 28.3 Å². The van der Waals surface area contributed by atoms with Gasteiger partial charge in [0.2, 0.25) is 0 Å². The summed E-state index contributed by atoms with van der Waals surface area (Å²) in [5, 5.41) is 0.275. The van der Waals surface area contributed by atoms with Crippen molar-refractivity contribution in [2.45, 2.75) is 20.5 Å². The first kappa shape index (κ1) is 19.5. The van der Waals surface area contributed by atoms with Crippen LogP contribution in [0.25, 0.3) is 0 Å². The normalized spacial score (nSPS) is 10.4. The zero-order valence-corrected chi connectivity index (χ0v) is 16.1. The van der Waals surface area contributed by atoms with Crippen molar-refractivity contribution in [3.8, 4) is 11.5 Å². The number of halogens is 3. The van der Waals surface area contributed by atoms with Crippen molar-refractivity contribution in [1.29, 1.82) is 0 Å². The lowest BCUT2D eigenvalue weighted by Gasteiger charge is -2.15. The van der Waals surface area contributed by atoms with Crippen molar-refractivity contribution in [2.75, 3.05) is 13.2 Å². The third-order valence-electron chi connectivity index (χ3n) is 3.21. The van der Waals surface area contributed by atoms with Crippen LogP contribution in [0.1, 0.15) is 29.8 Å². The van der Waals surface area contributed by atoms with E-state index in [1.54, 1.807) is 25.1 Å². The number of hydrogen-bond acceptors (Lipinski definition) is 4. The number of rotatable bonds is 7.